The summed E-state index contributed by atoms with van der Waals surface area (Å²) in [5.74, 6) is -0.0646. The van der Waals surface area contributed by atoms with E-state index in [0.717, 1.165) is 25.7 Å². The van der Waals surface area contributed by atoms with Crippen molar-refractivity contribution in [1.29, 1.82) is 0 Å². The predicted molar refractivity (Wildman–Crippen MR) is 78.2 cm³/mol. The molecule has 0 aromatic heterocycles. The molecule has 1 aromatic rings. The van der Waals surface area contributed by atoms with Crippen molar-refractivity contribution < 1.29 is 14.3 Å². The molecule has 2 unspecified atom stereocenters. The molecule has 1 saturated carbocycles. The Morgan fingerprint density at radius 1 is 1.38 bits per heavy atom. The van der Waals surface area contributed by atoms with Gasteiger partial charge in [0, 0.05) is 19.0 Å². The molecule has 4 heteroatoms. The average Bonchev–Trinajstić information content (AvgIpc) is 2.46. The maximum Gasteiger partial charge on any atom is 0.227 e. The molecule has 3 rings (SSSR count). The molecule has 3 nitrogen and oxygen atoms in total. The van der Waals surface area contributed by atoms with E-state index in [9.17, 15) is 14.3 Å². The lowest BCUT2D eigenvalue weighted by molar-refractivity contribution is -0.142. The van der Waals surface area contributed by atoms with Crippen molar-refractivity contribution >= 4 is 5.91 Å². The van der Waals surface area contributed by atoms with E-state index in [4.69, 9.17) is 0 Å². The Bertz CT molecular complexity index is 533. The van der Waals surface area contributed by atoms with E-state index in [1.54, 1.807) is 12.1 Å². The van der Waals surface area contributed by atoms with Gasteiger partial charge in [0.25, 0.3) is 0 Å². The van der Waals surface area contributed by atoms with Crippen LogP contribution in [0.15, 0.2) is 24.3 Å². The van der Waals surface area contributed by atoms with E-state index in [2.05, 4.69) is 0 Å². The highest BCUT2D eigenvalue weighted by Crippen LogP contribution is 2.39. The Balaban J connectivity index is 1.64. The molecule has 1 N–H and O–H groups in total. The van der Waals surface area contributed by atoms with Crippen molar-refractivity contribution in [2.24, 2.45) is 5.92 Å². The molecule has 2 fully saturated rings. The van der Waals surface area contributed by atoms with Gasteiger partial charge in [-0.15, -0.1) is 0 Å². The van der Waals surface area contributed by atoms with E-state index in [0.29, 0.717) is 25.1 Å². The molecule has 0 spiro atoms. The van der Waals surface area contributed by atoms with Crippen molar-refractivity contribution in [2.45, 2.75) is 44.1 Å². The summed E-state index contributed by atoms with van der Waals surface area (Å²) in [7, 11) is 0. The highest BCUT2D eigenvalue weighted by atomic mass is 19.1. The third-order valence-electron chi connectivity index (χ3n) is 5.02. The largest absolute Gasteiger partial charge is 0.389 e. The minimum Gasteiger partial charge on any atom is -0.389 e. The first-order chi connectivity index (χ1) is 10.1. The Labute approximate surface area is 124 Å². The van der Waals surface area contributed by atoms with Crippen LogP contribution in [0.2, 0.25) is 0 Å². The van der Waals surface area contributed by atoms with E-state index in [-0.39, 0.29) is 24.1 Å². The maximum atomic E-state index is 13.2. The van der Waals surface area contributed by atoms with Gasteiger partial charge in [-0.05, 0) is 37.0 Å². The molecule has 1 saturated heterocycles. The fraction of sp³-hybridized carbons (Fsp3) is 0.588. The van der Waals surface area contributed by atoms with E-state index in [1.807, 2.05) is 4.90 Å². The van der Waals surface area contributed by atoms with Crippen LogP contribution >= 0.6 is 0 Å². The van der Waals surface area contributed by atoms with Crippen LogP contribution in [0, 0.1) is 11.7 Å². The van der Waals surface area contributed by atoms with Crippen molar-refractivity contribution in [3.8, 4) is 0 Å². The normalized spacial score (nSPS) is 29.0. The minimum atomic E-state index is -0.562. The fourth-order valence-corrected chi connectivity index (χ4v) is 3.73. The number of benzene rings is 1. The monoisotopic (exact) mass is 291 g/mol. The molecular formula is C17H22FNO2. The average molecular weight is 291 g/mol. The maximum absolute atomic E-state index is 13.2. The van der Waals surface area contributed by atoms with Crippen LogP contribution in [0.4, 0.5) is 4.39 Å². The summed E-state index contributed by atoms with van der Waals surface area (Å²) < 4.78 is 13.2. The molecule has 1 amide bonds. The number of aliphatic hydroxyl groups is 1. The Morgan fingerprint density at radius 2 is 2.24 bits per heavy atom. The van der Waals surface area contributed by atoms with Crippen molar-refractivity contribution in [2.75, 3.05) is 13.1 Å². The molecule has 1 aromatic carbocycles. The standard InChI is InChI=1S/C17H22FNO2/c18-15-6-3-4-13(10-15)11-16(20)19-9-8-17(21)7-2-1-5-14(17)12-19/h3-4,6,10,14,21H,1-2,5,7-9,11-12H2. The van der Waals surface area contributed by atoms with Gasteiger partial charge in [-0.1, -0.05) is 25.0 Å². The van der Waals surface area contributed by atoms with Crippen LogP contribution in [0.1, 0.15) is 37.7 Å². The first-order valence-electron chi connectivity index (χ1n) is 7.81. The summed E-state index contributed by atoms with van der Waals surface area (Å²) in [6, 6.07) is 6.21. The summed E-state index contributed by atoms with van der Waals surface area (Å²) >= 11 is 0. The van der Waals surface area contributed by atoms with Crippen LogP contribution < -0.4 is 0 Å². The number of carbonyl (C=O) groups excluding carboxylic acids is 1. The quantitative estimate of drug-likeness (QED) is 0.909. The molecular weight excluding hydrogens is 269 g/mol. The molecule has 0 radical (unpaired) electrons. The van der Waals surface area contributed by atoms with Gasteiger partial charge in [0.15, 0.2) is 0 Å². The SMILES string of the molecule is O=C(Cc1cccc(F)c1)N1CCC2(O)CCCCC2C1. The van der Waals surface area contributed by atoms with Crippen LogP contribution in [-0.4, -0.2) is 34.6 Å². The van der Waals surface area contributed by atoms with Crippen molar-refractivity contribution in [3.63, 3.8) is 0 Å². The molecule has 1 aliphatic carbocycles. The van der Waals surface area contributed by atoms with Gasteiger partial charge in [-0.25, -0.2) is 4.39 Å². The highest BCUT2D eigenvalue weighted by molar-refractivity contribution is 5.79. The van der Waals surface area contributed by atoms with Crippen LogP contribution in [0.3, 0.4) is 0 Å². The number of nitrogens with zero attached hydrogens (tertiary/aromatic N) is 1. The molecule has 2 atom stereocenters. The number of likely N-dealkylation sites (tertiary alicyclic amines) is 1. The third kappa shape index (κ3) is 3.10. The number of rotatable bonds is 2. The van der Waals surface area contributed by atoms with Crippen molar-refractivity contribution in [1.82, 2.24) is 4.90 Å². The minimum absolute atomic E-state index is 0.0354. The van der Waals surface area contributed by atoms with E-state index in [1.165, 1.54) is 12.1 Å². The Morgan fingerprint density at radius 3 is 3.05 bits per heavy atom. The lowest BCUT2D eigenvalue weighted by atomic mass is 9.71. The van der Waals surface area contributed by atoms with Gasteiger partial charge in [-0.2, -0.15) is 0 Å². The summed E-state index contributed by atoms with van der Waals surface area (Å²) in [6.07, 6.45) is 5.00. The van der Waals surface area contributed by atoms with Gasteiger partial charge in [-0.3, -0.25) is 4.79 Å². The first kappa shape index (κ1) is 14.5. The highest BCUT2D eigenvalue weighted by Gasteiger charge is 2.43. The van der Waals surface area contributed by atoms with Gasteiger partial charge in [0.1, 0.15) is 5.82 Å². The lowest BCUT2D eigenvalue weighted by Gasteiger charge is -2.47. The van der Waals surface area contributed by atoms with Crippen LogP contribution in [0.25, 0.3) is 0 Å². The number of carbonyl (C=O) groups is 1. The zero-order valence-corrected chi connectivity index (χ0v) is 12.2. The van der Waals surface area contributed by atoms with Gasteiger partial charge in [0.2, 0.25) is 5.91 Å². The second-order valence-corrected chi connectivity index (χ2v) is 6.44. The summed E-state index contributed by atoms with van der Waals surface area (Å²) in [4.78, 5) is 14.2. The predicted octanol–water partition coefficient (Wildman–Crippen LogP) is 2.52. The molecule has 1 aliphatic heterocycles. The van der Waals surface area contributed by atoms with Crippen LogP contribution in [-0.2, 0) is 11.2 Å². The summed E-state index contributed by atoms with van der Waals surface area (Å²) in [5.41, 5.74) is 0.151. The first-order valence-corrected chi connectivity index (χ1v) is 7.81. The third-order valence-corrected chi connectivity index (χ3v) is 5.02. The summed E-state index contributed by atoms with van der Waals surface area (Å²) in [5, 5.41) is 10.6. The smallest absolute Gasteiger partial charge is 0.227 e. The molecule has 114 valence electrons. The fourth-order valence-electron chi connectivity index (χ4n) is 3.73. The molecule has 21 heavy (non-hydrogen) atoms. The zero-order valence-electron chi connectivity index (χ0n) is 12.2. The van der Waals surface area contributed by atoms with Gasteiger partial charge >= 0.3 is 0 Å². The van der Waals surface area contributed by atoms with E-state index >= 15 is 0 Å². The second-order valence-electron chi connectivity index (χ2n) is 6.44. The van der Waals surface area contributed by atoms with E-state index < -0.39 is 5.60 Å². The number of fused-ring (bicyclic) bond motifs is 1. The number of halogens is 1. The van der Waals surface area contributed by atoms with Gasteiger partial charge in [0.05, 0.1) is 12.0 Å². The Hall–Kier alpha value is -1.42. The molecule has 2 aliphatic rings. The van der Waals surface area contributed by atoms with Crippen molar-refractivity contribution in [3.05, 3.63) is 35.6 Å². The molecule has 1 heterocycles. The molecule has 0 bridgehead atoms. The topological polar surface area (TPSA) is 40.5 Å². The number of piperidine rings is 1. The van der Waals surface area contributed by atoms with Crippen LogP contribution in [0.5, 0.6) is 0 Å². The zero-order chi connectivity index (χ0) is 14.9. The second kappa shape index (κ2) is 5.76. The Kier molecular flexibility index (Phi) is 3.98. The lowest BCUT2D eigenvalue weighted by Crippen LogP contribution is -2.54. The number of amides is 1. The number of hydrogen-bond donors (Lipinski definition) is 1. The summed E-state index contributed by atoms with van der Waals surface area (Å²) in [6.45, 7) is 1.26. The van der Waals surface area contributed by atoms with Gasteiger partial charge < -0.3 is 10.0 Å². The number of hydrogen-bond acceptors (Lipinski definition) is 2.